The van der Waals surface area contributed by atoms with Gasteiger partial charge in [-0.2, -0.15) is 15.0 Å². The maximum absolute atomic E-state index is 13.6. The number of hydrogen-bond donors (Lipinski definition) is 19. The van der Waals surface area contributed by atoms with Crippen LogP contribution < -0.4 is 137 Å². The number of aliphatic hydroxyl groups is 6. The minimum absolute atomic E-state index is 0. The summed E-state index contributed by atoms with van der Waals surface area (Å²) < 4.78 is 150. The number of nitrogen functional groups attached to an aromatic ring is 6. The molecule has 764 valence electrons. The normalized spacial score (nSPS) is 36.1. The van der Waals surface area contributed by atoms with Crippen molar-refractivity contribution < 1.29 is 213 Å². The van der Waals surface area contributed by atoms with E-state index in [0.29, 0.717) is 0 Å². The van der Waals surface area contributed by atoms with Crippen molar-refractivity contribution in [3.8, 4) is 0 Å². The number of nitrogens with zero attached hydrogens (tertiary/aromatic N) is 21. The summed E-state index contributed by atoms with van der Waals surface area (Å²) in [6.45, 7) is -23.5. The third kappa shape index (κ3) is 21.5. The van der Waals surface area contributed by atoms with E-state index in [0.717, 1.165) is 12.7 Å². The van der Waals surface area contributed by atoms with Gasteiger partial charge < -0.3 is 182 Å². The molecule has 0 amide bonds. The minimum atomic E-state index is -5.08. The number of ether oxygens (including phenoxy) is 6. The van der Waals surface area contributed by atoms with Gasteiger partial charge in [-0.05, 0) is 0 Å². The summed E-state index contributed by atoms with van der Waals surface area (Å²) in [6, 6.07) is 0. The van der Waals surface area contributed by atoms with Crippen molar-refractivity contribution in [2.45, 2.75) is 129 Å². The van der Waals surface area contributed by atoms with Crippen LogP contribution in [0.2, 0.25) is 0 Å². The van der Waals surface area contributed by atoms with E-state index in [2.05, 4.69) is 89.7 Å². The molecule has 0 aliphatic carbocycles. The Balaban J connectivity index is 0.000000177. The Morgan fingerprint density at radius 3 is 0.937 bits per heavy atom. The molecule has 0 aromatic carbocycles. The summed E-state index contributed by atoms with van der Waals surface area (Å²) in [6.07, 6.45) is -17.8. The fourth-order valence-corrected chi connectivity index (χ4v) is 24.5. The van der Waals surface area contributed by atoms with Crippen molar-refractivity contribution in [3.05, 3.63) is 88.0 Å². The standard InChI is InChI=1S/C21H26N10O13P2.2C21H26N10O11P2S2.2H3N.2Na.2H/c22-15-10-16(25-4-24-15)30(5-26-10)19-12(33)14-9(42-19)3-40-45(35,36)43-13-7(1-32)8(2-39-46(37,38)44-14)41-20(13)31-6-27-11-17(31)28-21(23)29-18(11)34;2*22-15-10-16(25-4-24-15)30(5-26-10)19-12(33)14-9(40-19)3-38-43(35,45)41-13-7(1-32)8(2-37-44(36,46)42-14)39-20(13)31-6-27-11-17(31)28-21(23)29-18(11)34;;;;;;/h4-9,12-14,19-20,32-33H,1-3H2,(H,35,36)(H,37,38)(H2,22,24,25)(H3,23,28,29,34);2*4-9,12-14,19-20,32-33H,1-3H2,(H,35,45)(H,36,46)(H2,22,24,25)(H3,23,28,29,34);2*1H3;;;;/q;;;;;2*+1;2*-1/p-4. The first kappa shape index (κ1) is 109. The van der Waals surface area contributed by atoms with E-state index in [-0.39, 0.29) is 177 Å². The second-order valence-corrected chi connectivity index (χ2v) is 45.0. The SMILES string of the molecule is N.N.Nc1nc2c(ncn2C2OC3COP(=O)(O)OC4C(COP(=O)(O)OC2C3CO)OC(n2cnc3c(N)ncnc32)C4O)c(=O)[nH]1.Nc1nc2c(ncn2C2OC3COP([O-])(=S)OC4C(COP(=O)([S-])OC2C3CO)OC(n2cnc3c(N)ncnc32)C4O)c(=O)[nH]1.Nc1nc2c(ncn2C2OC3COP([O-])(=S)OC4C(COP([O-])(=S)OC2C3CO)OC(n2cnc3c(N)ncnc32)C4O)c(=O)[nH]1.[H-].[H-].[Na+].[Na+]. The second-order valence-electron chi connectivity index (χ2n) is 31.4. The van der Waals surface area contributed by atoms with E-state index in [4.69, 9.17) is 165 Å². The molecular formula is C63H82N32Na2O35P6S4-4. The van der Waals surface area contributed by atoms with Crippen molar-refractivity contribution in [2.75, 3.05) is 93.9 Å². The Hall–Kier alpha value is -6.75. The van der Waals surface area contributed by atoms with E-state index in [1.54, 1.807) is 0 Å². The molecule has 0 radical (unpaired) electrons. The zero-order chi connectivity index (χ0) is 97.6. The molecule has 12 aromatic heterocycles. The van der Waals surface area contributed by atoms with Crippen molar-refractivity contribution in [1.29, 1.82) is 0 Å². The Morgan fingerprint density at radius 2 is 0.613 bits per heavy atom. The van der Waals surface area contributed by atoms with Gasteiger partial charge in [-0.3, -0.25) is 79.4 Å². The van der Waals surface area contributed by atoms with Crippen molar-refractivity contribution in [1.82, 2.24) is 129 Å². The van der Waals surface area contributed by atoms with E-state index >= 15 is 0 Å². The number of aromatic amines is 3. The van der Waals surface area contributed by atoms with Crippen LogP contribution in [0.25, 0.3) is 67.0 Å². The van der Waals surface area contributed by atoms with Gasteiger partial charge in [-0.15, -0.1) is 0 Å². The number of phosphoric ester groups is 2. The molecule has 30 atom stereocenters. The predicted octanol–water partition coefficient (Wildman–Crippen LogP) is -12.7. The topological polar surface area (TPSA) is 996 Å². The van der Waals surface area contributed by atoms with E-state index in [1.807, 2.05) is 0 Å². The minimum Gasteiger partial charge on any atom is -1.00 e. The van der Waals surface area contributed by atoms with Gasteiger partial charge in [0.15, 0.2) is 112 Å². The van der Waals surface area contributed by atoms with Crippen LogP contribution in [0.1, 0.15) is 40.2 Å². The zero-order valence-corrected chi connectivity index (χ0v) is 85.2. The summed E-state index contributed by atoms with van der Waals surface area (Å²) in [7, 11) is -10.1. The van der Waals surface area contributed by atoms with Crippen LogP contribution >= 0.6 is 42.6 Å². The van der Waals surface area contributed by atoms with E-state index in [9.17, 15) is 83.2 Å². The average molecular weight is 2210 g/mol. The fraction of sp³-hybridized carbons (Fsp3) is 0.524. The molecule has 6 bridgehead atoms. The number of hydrogen-bond acceptors (Lipinski definition) is 60. The average Bonchev–Trinajstić information content (AvgIpc) is 1.61. The number of aromatic nitrogens is 24. The van der Waals surface area contributed by atoms with Gasteiger partial charge in [0, 0.05) is 17.8 Å². The number of H-pyrrole nitrogens is 3. The number of nitrogens with two attached hydrogens (primary N) is 6. The number of rotatable bonds is 9. The number of imidazole rings is 6. The Kier molecular flexibility index (Phi) is 32.9. The van der Waals surface area contributed by atoms with Crippen LogP contribution in [-0.4, -0.2) is 309 Å². The zero-order valence-electron chi connectivity index (χ0n) is 74.6. The molecule has 30 unspecified atom stereocenters. The van der Waals surface area contributed by atoms with Crippen LogP contribution in [0.15, 0.2) is 71.3 Å². The van der Waals surface area contributed by atoms with Gasteiger partial charge in [0.2, 0.25) is 17.8 Å². The van der Waals surface area contributed by atoms with Crippen LogP contribution in [0.5, 0.6) is 0 Å². The van der Waals surface area contributed by atoms with Gasteiger partial charge in [-0.1, -0.05) is 35.4 Å². The molecule has 9 aliphatic heterocycles. The summed E-state index contributed by atoms with van der Waals surface area (Å²) in [5.74, 6) is -3.69. The molecule has 12 aromatic rings. The molecule has 29 N–H and O–H groups in total. The quantitative estimate of drug-likeness (QED) is 0.0362. The van der Waals surface area contributed by atoms with Crippen molar-refractivity contribution >= 4 is 193 Å². The largest absolute Gasteiger partial charge is 1.00 e. The number of anilines is 6. The number of phosphoric acid groups is 2. The first-order valence-electron chi connectivity index (χ1n) is 40.2. The molecule has 79 heteroatoms. The van der Waals surface area contributed by atoms with Crippen molar-refractivity contribution in [3.63, 3.8) is 0 Å². The number of aliphatic hydroxyl groups excluding tert-OH is 6. The van der Waals surface area contributed by atoms with Crippen LogP contribution in [0.4, 0.5) is 35.3 Å². The first-order valence-corrected chi connectivity index (χ1v) is 53.4. The number of fused-ring (bicyclic) bond motifs is 15. The summed E-state index contributed by atoms with van der Waals surface area (Å²) in [5, 5.41) is 64.6. The first-order chi connectivity index (χ1) is 65.6. The molecule has 67 nitrogen and oxygen atoms in total. The molecule has 21 rings (SSSR count). The van der Waals surface area contributed by atoms with Gasteiger partial charge >= 0.3 is 74.8 Å². The Bertz CT molecular complexity index is 6570. The van der Waals surface area contributed by atoms with Crippen LogP contribution in [0.3, 0.4) is 0 Å². The maximum atomic E-state index is 13.6. The van der Waals surface area contributed by atoms with E-state index in [1.165, 1.54) is 71.7 Å². The van der Waals surface area contributed by atoms with Gasteiger partial charge in [0.05, 0.1) is 116 Å². The molecule has 9 saturated heterocycles. The molecular weight excluding hydrogens is 2120 g/mol. The molecule has 0 saturated carbocycles. The monoisotopic (exact) mass is 2210 g/mol. The summed E-state index contributed by atoms with van der Waals surface area (Å²) >= 11 is 20.7. The van der Waals surface area contributed by atoms with Crippen LogP contribution in [0, 0.1) is 17.8 Å². The van der Waals surface area contributed by atoms with Crippen molar-refractivity contribution in [2.24, 2.45) is 17.8 Å². The fourth-order valence-electron chi connectivity index (χ4n) is 16.8. The number of nitrogens with one attached hydrogen (secondary N) is 3. The van der Waals surface area contributed by atoms with Gasteiger partial charge in [-0.25, -0.2) is 68.9 Å². The molecule has 142 heavy (non-hydrogen) atoms. The predicted molar refractivity (Wildman–Crippen MR) is 475 cm³/mol. The van der Waals surface area contributed by atoms with Crippen LogP contribution in [-0.2, 0) is 144 Å². The second kappa shape index (κ2) is 42.7. The third-order valence-corrected chi connectivity index (χ3v) is 31.2. The van der Waals surface area contributed by atoms with Gasteiger partial charge in [0.1, 0.15) is 129 Å². The molecule has 0 spiro atoms. The van der Waals surface area contributed by atoms with E-state index < -0.39 is 265 Å². The Morgan fingerprint density at radius 1 is 0.366 bits per heavy atom. The Labute approximate surface area is 857 Å². The smallest absolute Gasteiger partial charge is 1.00 e. The maximum Gasteiger partial charge on any atom is 1.00 e. The summed E-state index contributed by atoms with van der Waals surface area (Å²) in [4.78, 5) is 167. The van der Waals surface area contributed by atoms with Gasteiger partial charge in [0.25, 0.3) is 16.7 Å². The molecule has 9 fully saturated rings. The molecule has 21 heterocycles. The molecule has 9 aliphatic rings. The summed E-state index contributed by atoms with van der Waals surface area (Å²) in [5.41, 5.74) is 33.5. The third-order valence-electron chi connectivity index (χ3n) is 23.1.